The summed E-state index contributed by atoms with van der Waals surface area (Å²) in [6.07, 6.45) is 4.81. The summed E-state index contributed by atoms with van der Waals surface area (Å²) in [5.74, 6) is 0.630. The molecule has 1 aromatic carbocycles. The van der Waals surface area contributed by atoms with Gasteiger partial charge in [0, 0.05) is 25.1 Å². The van der Waals surface area contributed by atoms with E-state index in [9.17, 15) is 4.79 Å². The molecule has 1 aliphatic carbocycles. The molecule has 0 aromatic heterocycles. The Balaban J connectivity index is 1.93. The van der Waals surface area contributed by atoms with Gasteiger partial charge in [0.2, 0.25) is 0 Å². The van der Waals surface area contributed by atoms with Gasteiger partial charge in [0.05, 0.1) is 6.07 Å². The van der Waals surface area contributed by atoms with Crippen LogP contribution in [-0.4, -0.2) is 23.9 Å². The molecule has 0 spiro atoms. The fraction of sp³-hybridized carbons (Fsp3) is 0.500. The average molecular weight is 256 g/mol. The summed E-state index contributed by atoms with van der Waals surface area (Å²) in [5.41, 5.74) is 0.754. The fourth-order valence-corrected chi connectivity index (χ4v) is 2.82. The molecular formula is C16H20N2O. The Morgan fingerprint density at radius 3 is 2.47 bits per heavy atom. The minimum atomic E-state index is 0.101. The van der Waals surface area contributed by atoms with Gasteiger partial charge in [-0.1, -0.05) is 18.2 Å². The molecule has 1 aromatic rings. The van der Waals surface area contributed by atoms with Crippen molar-refractivity contribution in [2.24, 2.45) is 5.92 Å². The number of nitriles is 1. The lowest BCUT2D eigenvalue weighted by Crippen LogP contribution is -2.39. The van der Waals surface area contributed by atoms with E-state index in [0.29, 0.717) is 18.4 Å². The minimum absolute atomic E-state index is 0.101. The van der Waals surface area contributed by atoms with Crippen LogP contribution in [0.25, 0.3) is 0 Å². The van der Waals surface area contributed by atoms with Crippen LogP contribution in [-0.2, 0) is 0 Å². The molecule has 1 fully saturated rings. The molecular weight excluding hydrogens is 236 g/mol. The van der Waals surface area contributed by atoms with Crippen molar-refractivity contribution in [1.29, 1.82) is 5.26 Å². The Morgan fingerprint density at radius 1 is 1.26 bits per heavy atom. The van der Waals surface area contributed by atoms with Crippen molar-refractivity contribution in [2.45, 2.75) is 38.1 Å². The monoisotopic (exact) mass is 256 g/mol. The lowest BCUT2D eigenvalue weighted by molar-refractivity contribution is 0.0676. The van der Waals surface area contributed by atoms with Gasteiger partial charge in [-0.3, -0.25) is 4.79 Å². The van der Waals surface area contributed by atoms with E-state index in [0.717, 1.165) is 31.2 Å². The maximum atomic E-state index is 12.3. The molecule has 0 heterocycles. The van der Waals surface area contributed by atoms with Crippen LogP contribution >= 0.6 is 0 Å². The van der Waals surface area contributed by atoms with Crippen molar-refractivity contribution >= 4 is 5.91 Å². The maximum Gasteiger partial charge on any atom is 0.253 e. The van der Waals surface area contributed by atoms with Gasteiger partial charge in [0.25, 0.3) is 5.91 Å². The van der Waals surface area contributed by atoms with E-state index in [-0.39, 0.29) is 5.91 Å². The van der Waals surface area contributed by atoms with Gasteiger partial charge in [0.1, 0.15) is 0 Å². The number of benzene rings is 1. The van der Waals surface area contributed by atoms with E-state index >= 15 is 0 Å². The van der Waals surface area contributed by atoms with Gasteiger partial charge >= 0.3 is 0 Å². The van der Waals surface area contributed by atoms with Crippen molar-refractivity contribution in [1.82, 2.24) is 4.90 Å². The number of hydrogen-bond acceptors (Lipinski definition) is 2. The number of carbonyl (C=O) groups is 1. The molecule has 1 saturated carbocycles. The van der Waals surface area contributed by atoms with Crippen LogP contribution < -0.4 is 0 Å². The van der Waals surface area contributed by atoms with Gasteiger partial charge < -0.3 is 4.90 Å². The van der Waals surface area contributed by atoms with Crippen molar-refractivity contribution in [3.05, 3.63) is 35.9 Å². The van der Waals surface area contributed by atoms with Crippen molar-refractivity contribution in [2.75, 3.05) is 7.05 Å². The molecule has 0 atom stereocenters. The Bertz CT molecular complexity index is 455. The molecule has 3 nitrogen and oxygen atoms in total. The minimum Gasteiger partial charge on any atom is -0.339 e. The molecule has 0 radical (unpaired) electrons. The first-order chi connectivity index (χ1) is 9.22. The number of hydrogen-bond donors (Lipinski definition) is 0. The predicted molar refractivity (Wildman–Crippen MR) is 74.5 cm³/mol. The second kappa shape index (κ2) is 6.38. The third-order valence-corrected chi connectivity index (χ3v) is 4.09. The van der Waals surface area contributed by atoms with Gasteiger partial charge in [-0.2, -0.15) is 5.26 Å². The summed E-state index contributed by atoms with van der Waals surface area (Å²) < 4.78 is 0. The summed E-state index contributed by atoms with van der Waals surface area (Å²) in [7, 11) is 1.89. The van der Waals surface area contributed by atoms with Crippen LogP contribution in [0.5, 0.6) is 0 Å². The van der Waals surface area contributed by atoms with Gasteiger partial charge in [0.15, 0.2) is 0 Å². The summed E-state index contributed by atoms with van der Waals surface area (Å²) in [6, 6.07) is 12.0. The number of carbonyl (C=O) groups excluding carboxylic acids is 1. The molecule has 0 unspecified atom stereocenters. The molecule has 19 heavy (non-hydrogen) atoms. The zero-order valence-electron chi connectivity index (χ0n) is 11.4. The summed E-state index contributed by atoms with van der Waals surface area (Å²) >= 11 is 0. The Kier molecular flexibility index (Phi) is 4.57. The summed E-state index contributed by atoms with van der Waals surface area (Å²) in [4.78, 5) is 14.2. The Labute approximate surface area is 114 Å². The van der Waals surface area contributed by atoms with Gasteiger partial charge in [-0.05, 0) is 43.7 Å². The molecule has 1 aliphatic rings. The van der Waals surface area contributed by atoms with E-state index in [4.69, 9.17) is 5.26 Å². The topological polar surface area (TPSA) is 44.1 Å². The van der Waals surface area contributed by atoms with Crippen LogP contribution in [0.3, 0.4) is 0 Å². The van der Waals surface area contributed by atoms with Crippen molar-refractivity contribution < 1.29 is 4.79 Å². The largest absolute Gasteiger partial charge is 0.339 e. The zero-order valence-corrected chi connectivity index (χ0v) is 11.4. The summed E-state index contributed by atoms with van der Waals surface area (Å²) in [6.45, 7) is 0. The van der Waals surface area contributed by atoms with E-state index in [1.54, 1.807) is 0 Å². The lowest BCUT2D eigenvalue weighted by atomic mass is 9.84. The third-order valence-electron chi connectivity index (χ3n) is 4.09. The second-order valence-corrected chi connectivity index (χ2v) is 5.32. The molecule has 100 valence electrons. The van der Waals surface area contributed by atoms with Crippen LogP contribution in [0, 0.1) is 17.2 Å². The van der Waals surface area contributed by atoms with E-state index in [1.165, 1.54) is 0 Å². The van der Waals surface area contributed by atoms with Crippen LogP contribution in [0.15, 0.2) is 30.3 Å². The highest BCUT2D eigenvalue weighted by Crippen LogP contribution is 2.29. The first-order valence-corrected chi connectivity index (χ1v) is 6.91. The molecule has 0 bridgehead atoms. The molecule has 0 aliphatic heterocycles. The number of nitrogens with zero attached hydrogens (tertiary/aromatic N) is 2. The highest BCUT2D eigenvalue weighted by atomic mass is 16.2. The molecule has 1 amide bonds. The zero-order chi connectivity index (χ0) is 13.7. The smallest absolute Gasteiger partial charge is 0.253 e. The number of amides is 1. The van der Waals surface area contributed by atoms with Gasteiger partial charge in [-0.15, -0.1) is 0 Å². The highest BCUT2D eigenvalue weighted by Gasteiger charge is 2.26. The van der Waals surface area contributed by atoms with Crippen LogP contribution in [0.2, 0.25) is 0 Å². The van der Waals surface area contributed by atoms with Gasteiger partial charge in [-0.25, -0.2) is 0 Å². The first-order valence-electron chi connectivity index (χ1n) is 6.91. The van der Waals surface area contributed by atoms with Crippen LogP contribution in [0.4, 0.5) is 0 Å². The van der Waals surface area contributed by atoms with Crippen molar-refractivity contribution in [3.8, 4) is 6.07 Å². The Hall–Kier alpha value is -1.82. The molecule has 3 heteroatoms. The number of rotatable bonds is 3. The van der Waals surface area contributed by atoms with Crippen molar-refractivity contribution in [3.63, 3.8) is 0 Å². The predicted octanol–water partition coefficient (Wildman–Crippen LogP) is 3.23. The van der Waals surface area contributed by atoms with Crippen LogP contribution in [0.1, 0.15) is 42.5 Å². The highest BCUT2D eigenvalue weighted by molar-refractivity contribution is 5.94. The molecule has 2 rings (SSSR count). The maximum absolute atomic E-state index is 12.3. The Morgan fingerprint density at radius 2 is 1.89 bits per heavy atom. The first kappa shape index (κ1) is 13.6. The standard InChI is InChI=1S/C16H20N2O/c1-18(16(19)14-5-3-2-4-6-14)15-9-7-13(8-10-15)11-12-17/h2-6,13,15H,7-11H2,1H3. The normalized spacial score (nSPS) is 22.5. The molecule has 0 saturated heterocycles. The lowest BCUT2D eigenvalue weighted by Gasteiger charge is -2.34. The third kappa shape index (κ3) is 3.35. The second-order valence-electron chi connectivity index (χ2n) is 5.32. The SMILES string of the molecule is CN(C(=O)c1ccccc1)C1CCC(CC#N)CC1. The summed E-state index contributed by atoms with van der Waals surface area (Å²) in [5, 5.41) is 8.72. The average Bonchev–Trinajstić information content (AvgIpc) is 2.48. The fourth-order valence-electron chi connectivity index (χ4n) is 2.82. The van der Waals surface area contributed by atoms with E-state index < -0.39 is 0 Å². The van der Waals surface area contributed by atoms with E-state index in [2.05, 4.69) is 6.07 Å². The van der Waals surface area contributed by atoms with E-state index in [1.807, 2.05) is 42.3 Å². The quantitative estimate of drug-likeness (QED) is 0.833. The molecule has 0 N–H and O–H groups in total.